The zero-order valence-corrected chi connectivity index (χ0v) is 14.1. The molecule has 116 valence electrons. The number of carbonyl (C=O) groups is 1. The first-order valence-electron chi connectivity index (χ1n) is 8.11. The third kappa shape index (κ3) is 3.72. The van der Waals surface area contributed by atoms with Crippen LogP contribution in [-0.4, -0.2) is 28.9 Å². The normalized spacial score (nSPS) is 19.9. The van der Waals surface area contributed by atoms with Crippen LogP contribution in [0.25, 0.3) is 0 Å². The smallest absolute Gasteiger partial charge is 0.235 e. The molecule has 20 heavy (non-hydrogen) atoms. The molecule has 0 aromatic rings. The van der Waals surface area contributed by atoms with E-state index in [0.717, 1.165) is 51.6 Å². The number of nitrogens with zero attached hydrogens (tertiary/aromatic N) is 1. The Morgan fingerprint density at radius 3 is 2.35 bits per heavy atom. The van der Waals surface area contributed by atoms with Gasteiger partial charge in [-0.15, -0.1) is 0 Å². The van der Waals surface area contributed by atoms with E-state index in [-0.39, 0.29) is 5.91 Å². The molecule has 1 heterocycles. The lowest BCUT2D eigenvalue weighted by Gasteiger charge is -2.40. The lowest BCUT2D eigenvalue weighted by atomic mass is 9.77. The molecule has 1 unspecified atom stereocenters. The Morgan fingerprint density at radius 1 is 1.30 bits per heavy atom. The van der Waals surface area contributed by atoms with Crippen LogP contribution in [0.1, 0.15) is 65.7 Å². The summed E-state index contributed by atoms with van der Waals surface area (Å²) in [6.07, 6.45) is 6.93. The van der Waals surface area contributed by atoms with Crippen LogP contribution in [0, 0.1) is 11.3 Å². The van der Waals surface area contributed by atoms with E-state index in [2.05, 4.69) is 20.8 Å². The Balaban J connectivity index is 2.94. The van der Waals surface area contributed by atoms with E-state index in [0.29, 0.717) is 10.9 Å². The summed E-state index contributed by atoms with van der Waals surface area (Å²) in [4.78, 5) is 15.5. The zero-order valence-electron chi connectivity index (χ0n) is 13.3. The molecular formula is C16H30N2OS. The van der Waals surface area contributed by atoms with Gasteiger partial charge in [0.15, 0.2) is 0 Å². The fourth-order valence-corrected chi connectivity index (χ4v) is 3.72. The van der Waals surface area contributed by atoms with Crippen LogP contribution in [0.5, 0.6) is 0 Å². The quantitative estimate of drug-likeness (QED) is 0.732. The van der Waals surface area contributed by atoms with Crippen molar-refractivity contribution in [3.8, 4) is 0 Å². The maximum absolute atomic E-state index is 13.1. The monoisotopic (exact) mass is 298 g/mol. The molecule has 0 aromatic heterocycles. The number of hydrogen-bond acceptors (Lipinski definition) is 2. The van der Waals surface area contributed by atoms with Crippen molar-refractivity contribution < 1.29 is 4.79 Å². The number of amides is 1. The highest BCUT2D eigenvalue weighted by Gasteiger charge is 2.43. The second kappa shape index (κ2) is 7.96. The van der Waals surface area contributed by atoms with Crippen molar-refractivity contribution in [2.24, 2.45) is 17.1 Å². The van der Waals surface area contributed by atoms with E-state index < -0.39 is 5.41 Å². The number of thiocarbonyl (C=S) groups is 1. The van der Waals surface area contributed by atoms with Gasteiger partial charge in [-0.2, -0.15) is 0 Å². The van der Waals surface area contributed by atoms with Gasteiger partial charge in [0, 0.05) is 13.1 Å². The number of rotatable bonds is 7. The van der Waals surface area contributed by atoms with Gasteiger partial charge >= 0.3 is 0 Å². The van der Waals surface area contributed by atoms with E-state index in [9.17, 15) is 4.79 Å². The molecule has 0 spiro atoms. The lowest BCUT2D eigenvalue weighted by molar-refractivity contribution is -0.141. The highest BCUT2D eigenvalue weighted by atomic mass is 32.1. The molecule has 1 aliphatic heterocycles. The third-order valence-corrected chi connectivity index (χ3v) is 5.01. The van der Waals surface area contributed by atoms with Gasteiger partial charge in [0.25, 0.3) is 0 Å². The first kappa shape index (κ1) is 17.4. The van der Waals surface area contributed by atoms with Gasteiger partial charge in [-0.3, -0.25) is 4.79 Å². The average Bonchev–Trinajstić information content (AvgIpc) is 2.46. The second-order valence-corrected chi connectivity index (χ2v) is 6.55. The van der Waals surface area contributed by atoms with Crippen molar-refractivity contribution >= 4 is 23.1 Å². The van der Waals surface area contributed by atoms with Crippen LogP contribution in [-0.2, 0) is 4.79 Å². The summed E-state index contributed by atoms with van der Waals surface area (Å²) >= 11 is 5.29. The highest BCUT2D eigenvalue weighted by Crippen LogP contribution is 2.34. The molecule has 0 bridgehead atoms. The van der Waals surface area contributed by atoms with Crippen LogP contribution in [0.4, 0.5) is 0 Å². The molecule has 1 atom stereocenters. The van der Waals surface area contributed by atoms with Gasteiger partial charge in [0.05, 0.1) is 10.4 Å². The number of carbonyl (C=O) groups excluding carboxylic acids is 1. The minimum Gasteiger partial charge on any atom is -0.392 e. The molecule has 4 heteroatoms. The van der Waals surface area contributed by atoms with E-state index in [1.165, 1.54) is 6.42 Å². The standard InChI is InChI=1S/C16H30N2OS/c1-4-9-16(10-5-2,14(17)20)15(19)18-11-7-8-13(6-3)12-18/h13H,4-12H2,1-3H3,(H2,17,20). The molecule has 2 N–H and O–H groups in total. The summed E-state index contributed by atoms with van der Waals surface area (Å²) in [5.74, 6) is 0.826. The lowest BCUT2D eigenvalue weighted by Crippen LogP contribution is -2.53. The summed E-state index contributed by atoms with van der Waals surface area (Å²) in [6, 6.07) is 0. The Bertz CT molecular complexity index is 337. The van der Waals surface area contributed by atoms with Gasteiger partial charge in [0.1, 0.15) is 0 Å². The van der Waals surface area contributed by atoms with Crippen LogP contribution in [0.2, 0.25) is 0 Å². The Kier molecular flexibility index (Phi) is 6.93. The topological polar surface area (TPSA) is 46.3 Å². The largest absolute Gasteiger partial charge is 0.392 e. The van der Waals surface area contributed by atoms with Crippen LogP contribution in [0.15, 0.2) is 0 Å². The number of hydrogen-bond donors (Lipinski definition) is 1. The summed E-state index contributed by atoms with van der Waals surface area (Å²) in [6.45, 7) is 8.15. The Labute approximate surface area is 129 Å². The van der Waals surface area contributed by atoms with Crippen molar-refractivity contribution in [3.05, 3.63) is 0 Å². The van der Waals surface area contributed by atoms with Gasteiger partial charge in [-0.05, 0) is 31.6 Å². The van der Waals surface area contributed by atoms with Crippen LogP contribution < -0.4 is 5.73 Å². The zero-order chi connectivity index (χ0) is 15.2. The van der Waals surface area contributed by atoms with Crippen LogP contribution in [0.3, 0.4) is 0 Å². The first-order valence-corrected chi connectivity index (χ1v) is 8.51. The molecule has 0 saturated carbocycles. The molecular weight excluding hydrogens is 268 g/mol. The van der Waals surface area contributed by atoms with E-state index in [4.69, 9.17) is 18.0 Å². The molecule has 1 fully saturated rings. The summed E-state index contributed by atoms with van der Waals surface area (Å²) < 4.78 is 0. The van der Waals surface area contributed by atoms with Crippen molar-refractivity contribution in [3.63, 3.8) is 0 Å². The minimum absolute atomic E-state index is 0.187. The summed E-state index contributed by atoms with van der Waals surface area (Å²) in [5, 5.41) is 0. The molecule has 3 nitrogen and oxygen atoms in total. The van der Waals surface area contributed by atoms with Crippen molar-refractivity contribution in [2.75, 3.05) is 13.1 Å². The van der Waals surface area contributed by atoms with Gasteiger partial charge in [0.2, 0.25) is 5.91 Å². The first-order chi connectivity index (χ1) is 9.51. The molecule has 1 amide bonds. The Morgan fingerprint density at radius 2 is 1.90 bits per heavy atom. The second-order valence-electron chi connectivity index (χ2n) is 6.11. The van der Waals surface area contributed by atoms with Crippen molar-refractivity contribution in [1.29, 1.82) is 0 Å². The van der Waals surface area contributed by atoms with Crippen molar-refractivity contribution in [1.82, 2.24) is 4.90 Å². The summed E-state index contributed by atoms with van der Waals surface area (Å²) in [5.41, 5.74) is 5.40. The highest BCUT2D eigenvalue weighted by molar-refractivity contribution is 7.80. The molecule has 1 saturated heterocycles. The van der Waals surface area contributed by atoms with E-state index >= 15 is 0 Å². The molecule has 0 aliphatic carbocycles. The number of likely N-dealkylation sites (tertiary alicyclic amines) is 1. The summed E-state index contributed by atoms with van der Waals surface area (Å²) in [7, 11) is 0. The number of piperidine rings is 1. The predicted molar refractivity (Wildman–Crippen MR) is 88.6 cm³/mol. The average molecular weight is 298 g/mol. The SMILES string of the molecule is CCCC(CCC)(C(=O)N1CCCC(CC)C1)C(N)=S. The molecule has 0 aromatic carbocycles. The van der Waals surface area contributed by atoms with Gasteiger partial charge in [-0.25, -0.2) is 0 Å². The van der Waals surface area contributed by atoms with Gasteiger partial charge < -0.3 is 10.6 Å². The maximum Gasteiger partial charge on any atom is 0.235 e. The molecule has 0 radical (unpaired) electrons. The fraction of sp³-hybridized carbons (Fsp3) is 0.875. The van der Waals surface area contributed by atoms with Crippen LogP contribution >= 0.6 is 12.2 Å². The molecule has 1 rings (SSSR count). The third-order valence-electron chi connectivity index (χ3n) is 4.62. The van der Waals surface area contributed by atoms with E-state index in [1.807, 2.05) is 4.90 Å². The minimum atomic E-state index is -0.603. The Hall–Kier alpha value is -0.640. The van der Waals surface area contributed by atoms with Crippen molar-refractivity contribution in [2.45, 2.75) is 65.7 Å². The van der Waals surface area contributed by atoms with Gasteiger partial charge in [-0.1, -0.05) is 52.3 Å². The van der Waals surface area contributed by atoms with E-state index in [1.54, 1.807) is 0 Å². The predicted octanol–water partition coefficient (Wildman–Crippen LogP) is 3.51. The maximum atomic E-state index is 13.1. The number of nitrogens with two attached hydrogens (primary N) is 1. The fourth-order valence-electron chi connectivity index (χ4n) is 3.43. The molecule has 1 aliphatic rings.